The predicted molar refractivity (Wildman–Crippen MR) is 187 cm³/mol. The summed E-state index contributed by atoms with van der Waals surface area (Å²) in [6.07, 6.45) is -19.8. The van der Waals surface area contributed by atoms with Crippen molar-refractivity contribution < 1.29 is 79.9 Å². The zero-order valence-corrected chi connectivity index (χ0v) is 30.0. The predicted octanol–water partition coefficient (Wildman–Crippen LogP) is -3.16. The van der Waals surface area contributed by atoms with E-state index in [4.69, 9.17) is 18.9 Å². The summed E-state index contributed by atoms with van der Waals surface area (Å²) in [5, 5.41) is 120. The van der Waals surface area contributed by atoms with Gasteiger partial charge in [-0.1, -0.05) is 34.1 Å². The monoisotopic (exact) mass is 784 g/mol. The van der Waals surface area contributed by atoms with Crippen molar-refractivity contribution in [2.45, 2.75) is 123 Å². The number of nitrogens with one attached hydrogen (secondary N) is 2. The number of carbonyl (C=O) groups excluding carboxylic acids is 1. The van der Waals surface area contributed by atoms with Gasteiger partial charge in [-0.15, -0.1) is 0 Å². The van der Waals surface area contributed by atoms with Crippen LogP contribution in [0.1, 0.15) is 32.1 Å². The second-order valence-corrected chi connectivity index (χ2v) is 15.8. The SMILES string of the molecule is O=C(CCCCC1CCSS1)Nc1cccc(NCC(O)C(O)C(O)C(O)COC2OC(CO)C(O)C(OC3OC(CO)C(O)C(O)C3O)C2O)c1. The summed E-state index contributed by atoms with van der Waals surface area (Å²) in [4.78, 5) is 12.4. The molecule has 0 spiro atoms. The van der Waals surface area contributed by atoms with Crippen LogP contribution in [-0.2, 0) is 23.7 Å². The number of hydrogen-bond donors (Lipinski definition) is 13. The third kappa shape index (κ3) is 11.8. The van der Waals surface area contributed by atoms with E-state index in [1.807, 2.05) is 21.6 Å². The van der Waals surface area contributed by atoms with Gasteiger partial charge in [0.15, 0.2) is 12.6 Å². The molecule has 1 amide bonds. The van der Waals surface area contributed by atoms with Crippen LogP contribution in [-0.4, -0.2) is 185 Å². The lowest BCUT2D eigenvalue weighted by Gasteiger charge is -2.46. The number of unbranched alkanes of at least 4 members (excludes halogenated alkanes) is 1. The average molecular weight is 785 g/mol. The van der Waals surface area contributed by atoms with E-state index in [0.29, 0.717) is 23.0 Å². The molecule has 298 valence electrons. The molecule has 0 aliphatic carbocycles. The van der Waals surface area contributed by atoms with Crippen molar-refractivity contribution in [1.82, 2.24) is 0 Å². The molecule has 20 heteroatoms. The summed E-state index contributed by atoms with van der Waals surface area (Å²) in [6, 6.07) is 6.71. The van der Waals surface area contributed by atoms with Gasteiger partial charge in [-0.3, -0.25) is 4.79 Å². The van der Waals surface area contributed by atoms with E-state index in [2.05, 4.69) is 10.6 Å². The van der Waals surface area contributed by atoms with Crippen LogP contribution in [0.4, 0.5) is 11.4 Å². The number of benzene rings is 1. The molecule has 18 nitrogen and oxygen atoms in total. The minimum atomic E-state index is -1.96. The Kier molecular flexibility index (Phi) is 17.5. The molecule has 52 heavy (non-hydrogen) atoms. The number of rotatable bonds is 19. The third-order valence-electron chi connectivity index (χ3n) is 9.10. The molecule has 0 radical (unpaired) electrons. The Morgan fingerprint density at radius 1 is 0.846 bits per heavy atom. The fourth-order valence-electron chi connectivity index (χ4n) is 5.93. The second-order valence-electron chi connectivity index (χ2n) is 13.0. The standard InChI is InChI=1S/C32H52N2O16S2/c35-12-20-25(42)27(44)28(45)32(49-20)50-30-26(43)21(13-36)48-31(29(30)46)47-14-19(38)24(41)23(40)18(37)11-33-15-4-3-5-16(10-15)34-22(39)7-2-1-6-17-8-9-51-52-17/h3-5,10,17-21,23-33,35-38,40-46H,1-2,6-9,11-14H2,(H,34,39). The van der Waals surface area contributed by atoms with Crippen LogP contribution in [0.15, 0.2) is 24.3 Å². The Hall–Kier alpha value is -1.41. The Morgan fingerprint density at radius 3 is 2.21 bits per heavy atom. The first kappa shape index (κ1) is 43.3. The van der Waals surface area contributed by atoms with Gasteiger partial charge in [-0.25, -0.2) is 0 Å². The van der Waals surface area contributed by atoms with Gasteiger partial charge in [0.2, 0.25) is 5.91 Å². The maximum absolute atomic E-state index is 12.4. The Morgan fingerprint density at radius 2 is 1.52 bits per heavy atom. The number of hydrogen-bond acceptors (Lipinski definition) is 19. The maximum atomic E-state index is 12.4. The van der Waals surface area contributed by atoms with Gasteiger partial charge in [0.05, 0.1) is 25.9 Å². The first-order chi connectivity index (χ1) is 24.8. The summed E-state index contributed by atoms with van der Waals surface area (Å²) in [5.41, 5.74) is 1.03. The van der Waals surface area contributed by atoms with Crippen LogP contribution >= 0.6 is 21.6 Å². The molecular weight excluding hydrogens is 732 g/mol. The molecule has 15 atom stereocenters. The van der Waals surface area contributed by atoms with E-state index >= 15 is 0 Å². The topological polar surface area (TPSA) is 301 Å². The van der Waals surface area contributed by atoms with Gasteiger partial charge in [0.1, 0.15) is 67.1 Å². The summed E-state index contributed by atoms with van der Waals surface area (Å²) >= 11 is 0. The number of amides is 1. The quantitative estimate of drug-likeness (QED) is 0.0486. The lowest BCUT2D eigenvalue weighted by Crippen LogP contribution is -2.65. The lowest BCUT2D eigenvalue weighted by molar-refractivity contribution is -0.361. The van der Waals surface area contributed by atoms with Crippen molar-refractivity contribution in [3.05, 3.63) is 24.3 Å². The van der Waals surface area contributed by atoms with E-state index in [-0.39, 0.29) is 12.5 Å². The highest BCUT2D eigenvalue weighted by Crippen LogP contribution is 2.40. The Bertz CT molecular complexity index is 1220. The Labute approximate surface area is 308 Å². The first-order valence-corrected chi connectivity index (χ1v) is 19.6. The van der Waals surface area contributed by atoms with Crippen LogP contribution in [0.25, 0.3) is 0 Å². The molecule has 3 saturated heterocycles. The van der Waals surface area contributed by atoms with Gasteiger partial charge in [0, 0.05) is 35.3 Å². The van der Waals surface area contributed by atoms with E-state index in [1.165, 1.54) is 12.2 Å². The molecule has 3 heterocycles. The lowest BCUT2D eigenvalue weighted by atomic mass is 9.97. The van der Waals surface area contributed by atoms with Crippen molar-refractivity contribution in [2.75, 3.05) is 42.8 Å². The van der Waals surface area contributed by atoms with E-state index in [9.17, 15) is 61.0 Å². The number of anilines is 2. The maximum Gasteiger partial charge on any atom is 0.224 e. The molecule has 0 bridgehead atoms. The van der Waals surface area contributed by atoms with E-state index in [0.717, 1.165) is 19.3 Å². The fraction of sp³-hybridized carbons (Fsp3) is 0.781. The van der Waals surface area contributed by atoms with Gasteiger partial charge in [-0.2, -0.15) is 0 Å². The van der Waals surface area contributed by atoms with Crippen LogP contribution in [0.3, 0.4) is 0 Å². The molecule has 3 aliphatic rings. The van der Waals surface area contributed by atoms with Crippen molar-refractivity contribution in [1.29, 1.82) is 0 Å². The zero-order chi connectivity index (χ0) is 37.9. The van der Waals surface area contributed by atoms with E-state index < -0.39 is 106 Å². The van der Waals surface area contributed by atoms with Crippen molar-refractivity contribution in [2.24, 2.45) is 0 Å². The highest BCUT2D eigenvalue weighted by atomic mass is 33.1. The van der Waals surface area contributed by atoms with Gasteiger partial charge >= 0.3 is 0 Å². The van der Waals surface area contributed by atoms with Crippen LogP contribution < -0.4 is 10.6 Å². The number of aliphatic hydroxyl groups is 11. The van der Waals surface area contributed by atoms with Gasteiger partial charge in [0.25, 0.3) is 0 Å². The van der Waals surface area contributed by atoms with Crippen molar-refractivity contribution >= 4 is 38.9 Å². The van der Waals surface area contributed by atoms with Crippen LogP contribution in [0, 0.1) is 0 Å². The second kappa shape index (κ2) is 21.0. The summed E-state index contributed by atoms with van der Waals surface area (Å²) in [7, 11) is 3.81. The molecule has 1 aromatic rings. The van der Waals surface area contributed by atoms with Crippen LogP contribution in [0.2, 0.25) is 0 Å². The fourth-order valence-corrected chi connectivity index (χ4v) is 8.96. The summed E-state index contributed by atoms with van der Waals surface area (Å²) in [6.45, 7) is -2.63. The molecule has 4 rings (SSSR count). The number of carbonyl (C=O) groups is 1. The van der Waals surface area contributed by atoms with Crippen molar-refractivity contribution in [3.63, 3.8) is 0 Å². The molecule has 3 aliphatic heterocycles. The molecular formula is C32H52N2O16S2. The molecule has 13 N–H and O–H groups in total. The summed E-state index contributed by atoms with van der Waals surface area (Å²) in [5.74, 6) is 1.06. The number of aliphatic hydroxyl groups excluding tert-OH is 11. The van der Waals surface area contributed by atoms with Crippen molar-refractivity contribution in [3.8, 4) is 0 Å². The summed E-state index contributed by atoms with van der Waals surface area (Å²) < 4.78 is 21.5. The minimum Gasteiger partial charge on any atom is -0.394 e. The minimum absolute atomic E-state index is 0.119. The third-order valence-corrected chi connectivity index (χ3v) is 12.1. The molecule has 0 aromatic heterocycles. The first-order valence-electron chi connectivity index (χ1n) is 17.2. The molecule has 15 unspecified atom stereocenters. The highest BCUT2D eigenvalue weighted by molar-refractivity contribution is 8.77. The largest absolute Gasteiger partial charge is 0.394 e. The van der Waals surface area contributed by atoms with E-state index in [1.54, 1.807) is 24.3 Å². The zero-order valence-electron chi connectivity index (χ0n) is 28.3. The normalized spacial score (nSPS) is 34.7. The molecule has 0 saturated carbocycles. The average Bonchev–Trinajstić information content (AvgIpc) is 3.67. The van der Waals surface area contributed by atoms with Crippen LogP contribution in [0.5, 0.6) is 0 Å². The number of ether oxygens (including phenoxy) is 4. The Balaban J connectivity index is 1.23. The highest BCUT2D eigenvalue weighted by Gasteiger charge is 2.51. The van der Waals surface area contributed by atoms with Gasteiger partial charge < -0.3 is 85.8 Å². The smallest absolute Gasteiger partial charge is 0.224 e. The molecule has 3 fully saturated rings. The van der Waals surface area contributed by atoms with Gasteiger partial charge in [-0.05, 0) is 37.5 Å². The molecule has 1 aromatic carbocycles.